The molecule has 0 aromatic heterocycles. The van der Waals surface area contributed by atoms with Crippen LogP contribution < -0.4 is 0 Å². The lowest BCUT2D eigenvalue weighted by Crippen LogP contribution is -2.55. The number of hydrogen-bond acceptors (Lipinski definition) is 4. The molecule has 1 heterocycles. The molecule has 0 aromatic carbocycles. The van der Waals surface area contributed by atoms with Gasteiger partial charge in [0.25, 0.3) is 11.1 Å². The Kier molecular flexibility index (Phi) is 2.42. The van der Waals surface area contributed by atoms with E-state index >= 15 is 0 Å². The topological polar surface area (TPSA) is 86.3 Å². The normalized spacial score (nSPS) is 38.9. The molecule has 6 nitrogen and oxygen atoms in total. The number of nitro groups is 2. The molecule has 0 saturated carbocycles. The van der Waals surface area contributed by atoms with Gasteiger partial charge in [0.15, 0.2) is 0 Å². The third-order valence-corrected chi connectivity index (χ3v) is 6.90. The van der Waals surface area contributed by atoms with Crippen LogP contribution in [0, 0.1) is 20.2 Å². The lowest BCUT2D eigenvalue weighted by atomic mass is 9.84. The Morgan fingerprint density at radius 2 is 1.27 bits per heavy atom. The van der Waals surface area contributed by atoms with Gasteiger partial charge in [-0.15, -0.1) is 0 Å². The standard InChI is InChI=1S/C8H16N2O4Si/c1-7(9(11)12)5-15(3,4)6-8(7,2)10(13)14/h5-6H2,1-4H3/t7-,8-/m1/s1. The molecule has 0 aromatic rings. The van der Waals surface area contributed by atoms with Crippen LogP contribution in [0.3, 0.4) is 0 Å². The molecular formula is C8H16N2O4Si. The highest BCUT2D eigenvalue weighted by atomic mass is 28.3. The fourth-order valence-electron chi connectivity index (χ4n) is 2.83. The van der Waals surface area contributed by atoms with Gasteiger partial charge in [0.1, 0.15) is 0 Å². The van der Waals surface area contributed by atoms with Crippen LogP contribution in [0.2, 0.25) is 25.2 Å². The van der Waals surface area contributed by atoms with E-state index in [1.165, 1.54) is 13.8 Å². The van der Waals surface area contributed by atoms with Crippen LogP contribution >= 0.6 is 0 Å². The average Bonchev–Trinajstić information content (AvgIpc) is 2.19. The predicted octanol–water partition coefficient (Wildman–Crippen LogP) is 1.78. The fraction of sp³-hybridized carbons (Fsp3) is 1.00. The molecule has 0 aliphatic carbocycles. The zero-order valence-electron chi connectivity index (χ0n) is 9.44. The van der Waals surface area contributed by atoms with E-state index in [1.54, 1.807) is 0 Å². The van der Waals surface area contributed by atoms with Gasteiger partial charge in [-0.25, -0.2) is 0 Å². The van der Waals surface area contributed by atoms with E-state index < -0.39 is 29.0 Å². The molecule has 0 unspecified atom stereocenters. The molecule has 1 rings (SSSR count). The maximum absolute atomic E-state index is 11.1. The molecule has 0 spiro atoms. The summed E-state index contributed by atoms with van der Waals surface area (Å²) in [6.45, 7) is 6.78. The summed E-state index contributed by atoms with van der Waals surface area (Å²) in [6.07, 6.45) is 0. The van der Waals surface area contributed by atoms with E-state index in [2.05, 4.69) is 0 Å². The van der Waals surface area contributed by atoms with Gasteiger partial charge >= 0.3 is 0 Å². The maximum atomic E-state index is 11.1. The van der Waals surface area contributed by atoms with E-state index in [-0.39, 0.29) is 0 Å². The Balaban J connectivity index is 3.27. The van der Waals surface area contributed by atoms with Gasteiger partial charge in [-0.3, -0.25) is 20.2 Å². The maximum Gasteiger partial charge on any atom is 0.284 e. The van der Waals surface area contributed by atoms with Gasteiger partial charge in [0.2, 0.25) is 0 Å². The van der Waals surface area contributed by atoms with Crippen LogP contribution in [0.15, 0.2) is 0 Å². The summed E-state index contributed by atoms with van der Waals surface area (Å²) in [6, 6.07) is 0.759. The van der Waals surface area contributed by atoms with Crippen molar-refractivity contribution >= 4 is 8.07 Å². The third kappa shape index (κ3) is 1.54. The molecule has 15 heavy (non-hydrogen) atoms. The van der Waals surface area contributed by atoms with Crippen LogP contribution in [-0.4, -0.2) is 29.0 Å². The van der Waals surface area contributed by atoms with Gasteiger partial charge in [0, 0.05) is 35.8 Å². The van der Waals surface area contributed by atoms with Crippen molar-refractivity contribution in [2.45, 2.75) is 50.1 Å². The molecule has 1 saturated heterocycles. The first-order chi connectivity index (χ1) is 6.55. The van der Waals surface area contributed by atoms with Gasteiger partial charge in [0.05, 0.1) is 8.07 Å². The minimum absolute atomic E-state index is 0.379. The van der Waals surface area contributed by atoms with Crippen LogP contribution in [0.1, 0.15) is 13.8 Å². The van der Waals surface area contributed by atoms with Crippen molar-refractivity contribution in [2.75, 3.05) is 0 Å². The molecular weight excluding hydrogens is 216 g/mol. The van der Waals surface area contributed by atoms with Gasteiger partial charge in [-0.2, -0.15) is 0 Å². The van der Waals surface area contributed by atoms with E-state index in [4.69, 9.17) is 0 Å². The summed E-state index contributed by atoms with van der Waals surface area (Å²) in [4.78, 5) is 21.2. The summed E-state index contributed by atoms with van der Waals surface area (Å²) in [7, 11) is -1.82. The lowest BCUT2D eigenvalue weighted by Gasteiger charge is -2.25. The largest absolute Gasteiger partial charge is 0.284 e. The van der Waals surface area contributed by atoms with Gasteiger partial charge in [-0.1, -0.05) is 13.1 Å². The van der Waals surface area contributed by atoms with Crippen molar-refractivity contribution in [3.63, 3.8) is 0 Å². The smallest absolute Gasteiger partial charge is 0.264 e. The minimum atomic E-state index is -1.82. The third-order valence-electron chi connectivity index (χ3n) is 3.61. The van der Waals surface area contributed by atoms with Crippen LogP contribution in [-0.2, 0) is 0 Å². The SMILES string of the molecule is C[C@@]1([N+](=O)[O-])C[Si](C)(C)C[C@@]1(C)[N+](=O)[O-]. The monoisotopic (exact) mass is 232 g/mol. The molecule has 2 atom stereocenters. The fourth-order valence-corrected chi connectivity index (χ4v) is 7.70. The second kappa shape index (κ2) is 3.00. The van der Waals surface area contributed by atoms with E-state index in [9.17, 15) is 20.2 Å². The highest BCUT2D eigenvalue weighted by Gasteiger charge is 2.72. The summed E-state index contributed by atoms with van der Waals surface area (Å²) in [5.41, 5.74) is -2.82. The number of rotatable bonds is 2. The van der Waals surface area contributed by atoms with Crippen molar-refractivity contribution in [2.24, 2.45) is 0 Å². The van der Waals surface area contributed by atoms with Crippen LogP contribution in [0.25, 0.3) is 0 Å². The molecule has 0 radical (unpaired) electrons. The summed E-state index contributed by atoms with van der Waals surface area (Å²) >= 11 is 0. The first-order valence-corrected chi connectivity index (χ1v) is 8.26. The molecule has 0 N–H and O–H groups in total. The van der Waals surface area contributed by atoms with Crippen molar-refractivity contribution in [3.05, 3.63) is 20.2 Å². The Morgan fingerprint density at radius 3 is 1.47 bits per heavy atom. The molecule has 0 amide bonds. The summed E-state index contributed by atoms with van der Waals surface area (Å²) in [5, 5.41) is 22.1. The number of hydrogen-bond donors (Lipinski definition) is 0. The second-order valence-corrected chi connectivity index (χ2v) is 10.6. The predicted molar refractivity (Wildman–Crippen MR) is 57.9 cm³/mol. The van der Waals surface area contributed by atoms with Crippen LogP contribution in [0.4, 0.5) is 0 Å². The Morgan fingerprint density at radius 1 is 1.00 bits per heavy atom. The first-order valence-electron chi connectivity index (χ1n) is 4.84. The Bertz CT molecular complexity index is 303. The highest BCUT2D eigenvalue weighted by molar-refractivity contribution is 6.78. The minimum Gasteiger partial charge on any atom is -0.264 e. The van der Waals surface area contributed by atoms with Gasteiger partial charge in [-0.05, 0) is 0 Å². The molecule has 86 valence electrons. The molecule has 7 heteroatoms. The van der Waals surface area contributed by atoms with E-state index in [1.807, 2.05) is 13.1 Å². The summed E-state index contributed by atoms with van der Waals surface area (Å²) in [5.74, 6) is 0. The van der Waals surface area contributed by atoms with Crippen molar-refractivity contribution < 1.29 is 9.85 Å². The molecule has 0 bridgehead atoms. The highest BCUT2D eigenvalue weighted by Crippen LogP contribution is 2.49. The van der Waals surface area contributed by atoms with E-state index in [0.717, 1.165) is 0 Å². The Labute approximate surface area is 89.0 Å². The molecule has 1 aliphatic heterocycles. The quantitative estimate of drug-likeness (QED) is 0.412. The zero-order valence-corrected chi connectivity index (χ0v) is 10.4. The van der Waals surface area contributed by atoms with E-state index in [0.29, 0.717) is 12.1 Å². The van der Waals surface area contributed by atoms with Crippen molar-refractivity contribution in [3.8, 4) is 0 Å². The molecule has 1 aliphatic rings. The van der Waals surface area contributed by atoms with Crippen molar-refractivity contribution in [1.82, 2.24) is 0 Å². The first kappa shape index (κ1) is 12.1. The number of nitrogens with zero attached hydrogens (tertiary/aromatic N) is 2. The molecule has 1 fully saturated rings. The van der Waals surface area contributed by atoms with Gasteiger partial charge < -0.3 is 0 Å². The van der Waals surface area contributed by atoms with Crippen molar-refractivity contribution in [1.29, 1.82) is 0 Å². The average molecular weight is 232 g/mol. The zero-order chi connectivity index (χ0) is 12.1. The summed E-state index contributed by atoms with van der Waals surface area (Å²) < 4.78 is 0. The second-order valence-electron chi connectivity index (χ2n) is 5.58. The lowest BCUT2D eigenvalue weighted by molar-refractivity contribution is -0.669. The van der Waals surface area contributed by atoms with Crippen LogP contribution in [0.5, 0.6) is 0 Å². The Hall–Kier alpha value is -0.983.